The van der Waals surface area contributed by atoms with Gasteiger partial charge in [-0.1, -0.05) is 42.5 Å². The summed E-state index contributed by atoms with van der Waals surface area (Å²) >= 11 is 0. The van der Waals surface area contributed by atoms with Crippen molar-refractivity contribution in [2.75, 3.05) is 11.5 Å². The largest absolute Gasteiger partial charge is 0.399 e. The van der Waals surface area contributed by atoms with Crippen LogP contribution in [0, 0.1) is 20.8 Å². The smallest absolute Gasteiger partial charge is 0.347 e. The predicted octanol–water partition coefficient (Wildman–Crippen LogP) is 2.17. The van der Waals surface area contributed by atoms with Crippen LogP contribution in [0.5, 0.6) is 0 Å². The summed E-state index contributed by atoms with van der Waals surface area (Å²) in [5.41, 5.74) is 2.93. The van der Waals surface area contributed by atoms with Crippen molar-refractivity contribution in [3.8, 4) is 17.1 Å². The molecule has 0 atom stereocenters. The molecule has 12 aromatic rings. The molecular weight excluding hydrogens is 923 g/mol. The SMILES string of the molecule is Cc1cccc(-n2c(=O)c3c4c(=O)n(-c5cccc(C)c5)c(=O)c4c4c(=O)n(-c5cccc(C)c5)c(=O)c4c3c2=O)c1.Nc1cccc(N)c1.O=c1oc(=O)c2c1c1c(=O)oc(=O)c1c1c(=O)oc(=O)c21. The lowest BCUT2D eigenvalue weighted by Gasteiger charge is -2.01. The zero-order chi connectivity index (χ0) is 50.6. The number of hydrogen-bond acceptors (Lipinski definition) is 17. The average Bonchev–Trinajstić information content (AvgIpc) is 4.09. The molecule has 0 saturated carbocycles. The van der Waals surface area contributed by atoms with E-state index in [-0.39, 0.29) is 49.4 Å². The van der Waals surface area contributed by atoms with Crippen LogP contribution in [0.25, 0.3) is 81.7 Å². The van der Waals surface area contributed by atoms with Crippen molar-refractivity contribution in [2.24, 2.45) is 0 Å². The molecule has 20 nitrogen and oxygen atoms in total. The molecule has 0 aliphatic carbocycles. The topological polar surface area (TPSA) is 311 Å². The van der Waals surface area contributed by atoms with E-state index in [0.29, 0.717) is 11.4 Å². The van der Waals surface area contributed by atoms with E-state index in [1.54, 1.807) is 112 Å². The first-order valence-electron chi connectivity index (χ1n) is 21.0. The summed E-state index contributed by atoms with van der Waals surface area (Å²) in [6.45, 7) is 5.38. The Kier molecular flexibility index (Phi) is 10.0. The molecule has 12 rings (SSSR count). The Hall–Kier alpha value is -10.2. The van der Waals surface area contributed by atoms with Crippen LogP contribution in [-0.4, -0.2) is 13.7 Å². The van der Waals surface area contributed by atoms with Gasteiger partial charge in [-0.25, -0.2) is 42.5 Å². The monoisotopic (exact) mass is 951 g/mol. The first-order chi connectivity index (χ1) is 33.8. The minimum Gasteiger partial charge on any atom is -0.399 e. The van der Waals surface area contributed by atoms with Crippen molar-refractivity contribution < 1.29 is 13.3 Å². The van der Waals surface area contributed by atoms with Crippen LogP contribution in [-0.2, 0) is 0 Å². The Morgan fingerprint density at radius 3 is 0.690 bits per heavy atom. The standard InChI is InChI=1S/C33H21N3O6.C12O9.C6H8N2/c1-16-7-4-10-19(13-16)34-28(37)22-23(29(34)38)25-27(33(42)36(31(25)40)21-12-6-9-18(3)15-21)26-24(22)30(39)35(32(26)41)20-11-5-8-17(2)14-20;13-7-1-2(8(14)19-7)4-6(12(18)21-11(4)17)5-3(1)9(15)20-10(5)16;7-5-2-1-3-6(8)4-5/h4-15H,1-3H3;;1-4H,7-8H2. The molecule has 6 aromatic carbocycles. The van der Waals surface area contributed by atoms with E-state index in [9.17, 15) is 57.5 Å². The molecule has 0 aliphatic heterocycles. The molecule has 4 N–H and O–H groups in total. The number of furan rings is 3. The highest BCUT2D eigenvalue weighted by Gasteiger charge is 2.33. The van der Waals surface area contributed by atoms with Crippen LogP contribution in [0.3, 0.4) is 0 Å². The van der Waals surface area contributed by atoms with Gasteiger partial charge in [0.2, 0.25) is 0 Å². The van der Waals surface area contributed by atoms with Gasteiger partial charge in [-0.15, -0.1) is 0 Å². The Labute approximate surface area is 389 Å². The maximum absolute atomic E-state index is 14.0. The van der Waals surface area contributed by atoms with E-state index in [4.69, 9.17) is 11.5 Å². The number of aryl methyl sites for hydroxylation is 3. The number of benzene rings is 6. The number of fused-ring (bicyclic) bond motifs is 12. The third-order valence-corrected chi connectivity index (χ3v) is 12.0. The maximum atomic E-state index is 14.0. The minimum absolute atomic E-state index is 0.239. The molecule has 0 amide bonds. The predicted molar refractivity (Wildman–Crippen MR) is 265 cm³/mol. The van der Waals surface area contributed by atoms with Crippen LogP contribution in [0.1, 0.15) is 16.7 Å². The second-order valence-corrected chi connectivity index (χ2v) is 16.6. The van der Waals surface area contributed by atoms with Crippen molar-refractivity contribution in [1.29, 1.82) is 0 Å². The van der Waals surface area contributed by atoms with E-state index in [1.165, 1.54) is 0 Å². The number of rotatable bonds is 3. The van der Waals surface area contributed by atoms with Gasteiger partial charge in [0.1, 0.15) is 0 Å². The number of hydrogen-bond donors (Lipinski definition) is 2. The molecule has 0 aliphatic rings. The number of nitrogens with two attached hydrogens (primary N) is 2. The summed E-state index contributed by atoms with van der Waals surface area (Å²) in [6, 6.07) is 27.1. The van der Waals surface area contributed by atoms with Crippen LogP contribution in [0.4, 0.5) is 11.4 Å². The number of nitrogen functional groups attached to an aromatic ring is 2. The fourth-order valence-corrected chi connectivity index (χ4v) is 9.08. The lowest BCUT2D eigenvalue weighted by atomic mass is 10.0. The van der Waals surface area contributed by atoms with E-state index < -0.39 is 99.4 Å². The Balaban J connectivity index is 0.000000165. The van der Waals surface area contributed by atoms with Crippen LogP contribution < -0.4 is 78.6 Å². The molecule has 20 heteroatoms. The highest BCUT2D eigenvalue weighted by molar-refractivity contribution is 6.26. The molecule has 0 saturated heterocycles. The van der Waals surface area contributed by atoms with E-state index in [1.807, 2.05) is 6.07 Å². The molecule has 6 heterocycles. The van der Waals surface area contributed by atoms with Crippen molar-refractivity contribution in [3.63, 3.8) is 0 Å². The Morgan fingerprint density at radius 2 is 0.507 bits per heavy atom. The van der Waals surface area contributed by atoms with Crippen LogP contribution in [0.15, 0.2) is 168 Å². The fraction of sp³-hybridized carbons (Fsp3) is 0.0588. The maximum Gasteiger partial charge on any atom is 0.347 e. The first-order valence-corrected chi connectivity index (χ1v) is 21.0. The summed E-state index contributed by atoms with van der Waals surface area (Å²) < 4.78 is 15.7. The molecule has 0 bridgehead atoms. The molecule has 0 unspecified atom stereocenters. The van der Waals surface area contributed by atoms with E-state index in [2.05, 4.69) is 13.3 Å². The lowest BCUT2D eigenvalue weighted by molar-refractivity contribution is 0.497. The van der Waals surface area contributed by atoms with Crippen LogP contribution >= 0.6 is 0 Å². The van der Waals surface area contributed by atoms with Crippen molar-refractivity contribution >= 4 is 76.0 Å². The Bertz CT molecular complexity index is 4250. The molecule has 0 spiro atoms. The van der Waals surface area contributed by atoms with Gasteiger partial charge in [0.25, 0.3) is 33.4 Å². The van der Waals surface area contributed by atoms with Gasteiger partial charge in [0.05, 0.1) is 81.7 Å². The van der Waals surface area contributed by atoms with Gasteiger partial charge in [0, 0.05) is 11.4 Å². The molecule has 348 valence electrons. The summed E-state index contributed by atoms with van der Waals surface area (Å²) in [7, 11) is 0. The van der Waals surface area contributed by atoms with Gasteiger partial charge in [0.15, 0.2) is 0 Å². The number of anilines is 2. The normalized spacial score (nSPS) is 11.5. The molecule has 0 radical (unpaired) electrons. The summed E-state index contributed by atoms with van der Waals surface area (Å²) in [6.07, 6.45) is 0. The zero-order valence-electron chi connectivity index (χ0n) is 36.9. The second kappa shape index (κ2) is 15.9. The number of aromatic nitrogens is 3. The van der Waals surface area contributed by atoms with E-state index >= 15 is 0 Å². The summed E-state index contributed by atoms with van der Waals surface area (Å²) in [5.74, 6) is 0. The number of nitrogens with zero attached hydrogens (tertiary/aromatic N) is 3. The van der Waals surface area contributed by atoms with Gasteiger partial charge in [-0.05, 0) is 92.1 Å². The lowest BCUT2D eigenvalue weighted by Crippen LogP contribution is -2.24. The third-order valence-electron chi connectivity index (χ3n) is 12.0. The average molecular weight is 952 g/mol. The van der Waals surface area contributed by atoms with Gasteiger partial charge < -0.3 is 24.7 Å². The van der Waals surface area contributed by atoms with Crippen molar-refractivity contribution in [1.82, 2.24) is 13.7 Å². The zero-order valence-corrected chi connectivity index (χ0v) is 36.9. The fourth-order valence-electron chi connectivity index (χ4n) is 9.08. The molecule has 6 aromatic heterocycles. The van der Waals surface area contributed by atoms with Gasteiger partial charge in [-0.3, -0.25) is 28.8 Å². The van der Waals surface area contributed by atoms with Crippen molar-refractivity contribution in [3.05, 3.63) is 238 Å². The highest BCUT2D eigenvalue weighted by Crippen LogP contribution is 2.29. The van der Waals surface area contributed by atoms with Crippen molar-refractivity contribution in [2.45, 2.75) is 20.8 Å². The molecular formula is C51H29N5O15. The molecule has 0 fully saturated rings. The second-order valence-electron chi connectivity index (χ2n) is 16.6. The van der Waals surface area contributed by atoms with Gasteiger partial charge >= 0.3 is 33.8 Å². The quantitative estimate of drug-likeness (QED) is 0.240. The summed E-state index contributed by atoms with van der Waals surface area (Å²) in [5, 5.41) is -5.46. The van der Waals surface area contributed by atoms with Crippen LogP contribution in [0.2, 0.25) is 0 Å². The Morgan fingerprint density at radius 1 is 0.296 bits per heavy atom. The van der Waals surface area contributed by atoms with Gasteiger partial charge in [-0.2, -0.15) is 0 Å². The summed E-state index contributed by atoms with van der Waals surface area (Å²) in [4.78, 5) is 154. The highest BCUT2D eigenvalue weighted by atomic mass is 16.4. The first kappa shape index (κ1) is 44.6. The minimum atomic E-state index is -1.20. The molecule has 71 heavy (non-hydrogen) atoms. The third kappa shape index (κ3) is 6.60. The van der Waals surface area contributed by atoms with E-state index in [0.717, 1.165) is 30.4 Å².